The van der Waals surface area contributed by atoms with Gasteiger partial charge in [0.15, 0.2) is 0 Å². The van der Waals surface area contributed by atoms with Gasteiger partial charge in [-0.25, -0.2) is 4.79 Å². The van der Waals surface area contributed by atoms with Gasteiger partial charge in [0.1, 0.15) is 16.0 Å². The van der Waals surface area contributed by atoms with E-state index in [1.807, 2.05) is 0 Å². The van der Waals surface area contributed by atoms with Crippen molar-refractivity contribution in [1.29, 1.82) is 0 Å². The quantitative estimate of drug-likeness (QED) is 0.863. The number of alkyl halides is 3. The Hall–Kier alpha value is -1.48. The van der Waals surface area contributed by atoms with E-state index in [0.29, 0.717) is 0 Å². The molecule has 1 aromatic carbocycles. The number of nitrogens with two attached hydrogens (primary N) is 1. The standard InChI is InChI=1S/C11H11BrF3NO4/c1-19-6-4-3-5(8(20-2)7(6)12)10(16,9(17)18)11(13,14)15/h3-4H,16H2,1-2H3,(H,17,18). The molecule has 1 rings (SSSR count). The van der Waals surface area contributed by atoms with Crippen molar-refractivity contribution in [2.45, 2.75) is 11.7 Å². The summed E-state index contributed by atoms with van der Waals surface area (Å²) in [5.41, 5.74) is 0.791. The van der Waals surface area contributed by atoms with E-state index in [-0.39, 0.29) is 16.0 Å². The van der Waals surface area contributed by atoms with E-state index >= 15 is 0 Å². The molecule has 112 valence electrons. The van der Waals surface area contributed by atoms with Crippen LogP contribution in [0.4, 0.5) is 13.2 Å². The number of carbonyl (C=O) groups is 1. The van der Waals surface area contributed by atoms with Gasteiger partial charge in [0.05, 0.1) is 14.2 Å². The van der Waals surface area contributed by atoms with Crippen LogP contribution in [0.25, 0.3) is 0 Å². The van der Waals surface area contributed by atoms with Crippen LogP contribution in [-0.4, -0.2) is 31.5 Å². The molecule has 0 saturated carbocycles. The Morgan fingerprint density at radius 3 is 2.20 bits per heavy atom. The first-order valence-electron chi connectivity index (χ1n) is 5.11. The van der Waals surface area contributed by atoms with Crippen LogP contribution >= 0.6 is 15.9 Å². The summed E-state index contributed by atoms with van der Waals surface area (Å²) in [5, 5.41) is 8.91. The van der Waals surface area contributed by atoms with E-state index in [0.717, 1.165) is 19.2 Å². The summed E-state index contributed by atoms with van der Waals surface area (Å²) in [4.78, 5) is 11.1. The zero-order chi connectivity index (χ0) is 15.7. The van der Waals surface area contributed by atoms with E-state index in [4.69, 9.17) is 20.3 Å². The highest BCUT2D eigenvalue weighted by Gasteiger charge is 2.61. The number of ether oxygens (including phenoxy) is 2. The van der Waals surface area contributed by atoms with Crippen molar-refractivity contribution in [3.05, 3.63) is 22.2 Å². The molecule has 0 radical (unpaired) electrons. The third-order valence-electron chi connectivity index (χ3n) is 2.70. The molecular weight excluding hydrogens is 347 g/mol. The molecule has 0 bridgehead atoms. The molecule has 5 nitrogen and oxygen atoms in total. The van der Waals surface area contributed by atoms with Gasteiger partial charge >= 0.3 is 12.1 Å². The summed E-state index contributed by atoms with van der Waals surface area (Å²) in [7, 11) is 2.40. The first-order valence-corrected chi connectivity index (χ1v) is 5.90. The van der Waals surface area contributed by atoms with Crippen molar-refractivity contribution >= 4 is 21.9 Å². The molecule has 0 aliphatic heterocycles. The summed E-state index contributed by atoms with van der Waals surface area (Å²) in [5.74, 6) is -2.41. The van der Waals surface area contributed by atoms with Gasteiger partial charge in [-0.15, -0.1) is 0 Å². The van der Waals surface area contributed by atoms with Crippen molar-refractivity contribution in [3.8, 4) is 11.5 Å². The van der Waals surface area contributed by atoms with Crippen molar-refractivity contribution in [1.82, 2.24) is 0 Å². The van der Waals surface area contributed by atoms with Gasteiger partial charge in [-0.1, -0.05) is 0 Å². The van der Waals surface area contributed by atoms with E-state index in [1.165, 1.54) is 7.11 Å². The summed E-state index contributed by atoms with van der Waals surface area (Å²) < 4.78 is 49.0. The molecule has 1 atom stereocenters. The lowest BCUT2D eigenvalue weighted by molar-refractivity contribution is -0.205. The Morgan fingerprint density at radius 1 is 1.30 bits per heavy atom. The van der Waals surface area contributed by atoms with Crippen LogP contribution < -0.4 is 15.2 Å². The van der Waals surface area contributed by atoms with Gasteiger partial charge in [0.2, 0.25) is 5.54 Å². The largest absolute Gasteiger partial charge is 0.495 e. The monoisotopic (exact) mass is 357 g/mol. The number of hydrogen-bond donors (Lipinski definition) is 2. The number of carboxylic acids is 1. The lowest BCUT2D eigenvalue weighted by Gasteiger charge is -2.29. The first-order chi connectivity index (χ1) is 9.11. The molecule has 0 spiro atoms. The number of benzene rings is 1. The van der Waals surface area contributed by atoms with Gasteiger partial charge in [0.25, 0.3) is 0 Å². The lowest BCUT2D eigenvalue weighted by Crippen LogP contribution is -2.56. The third-order valence-corrected chi connectivity index (χ3v) is 3.45. The van der Waals surface area contributed by atoms with E-state index in [9.17, 15) is 18.0 Å². The van der Waals surface area contributed by atoms with Crippen molar-refractivity contribution in [3.63, 3.8) is 0 Å². The molecule has 9 heteroatoms. The van der Waals surface area contributed by atoms with Crippen molar-refractivity contribution in [2.24, 2.45) is 5.73 Å². The average molecular weight is 358 g/mol. The van der Waals surface area contributed by atoms with Crippen LogP contribution in [-0.2, 0) is 10.3 Å². The molecule has 1 unspecified atom stereocenters. The fourth-order valence-corrected chi connectivity index (χ4v) is 2.26. The maximum absolute atomic E-state index is 13.1. The van der Waals surface area contributed by atoms with Crippen LogP contribution in [0, 0.1) is 0 Å². The Morgan fingerprint density at radius 2 is 1.85 bits per heavy atom. The Labute approximate surface area is 120 Å². The molecule has 0 amide bonds. The zero-order valence-corrected chi connectivity index (χ0v) is 12.0. The molecule has 3 N–H and O–H groups in total. The van der Waals surface area contributed by atoms with Crippen molar-refractivity contribution < 1.29 is 32.5 Å². The van der Waals surface area contributed by atoms with Gasteiger partial charge in [-0.3, -0.25) is 0 Å². The number of hydrogen-bond acceptors (Lipinski definition) is 4. The number of methoxy groups -OCH3 is 2. The SMILES string of the molecule is COc1ccc(C(N)(C(=O)O)C(F)(F)F)c(OC)c1Br. The molecule has 0 aliphatic rings. The molecule has 0 aliphatic carbocycles. The highest BCUT2D eigenvalue weighted by Crippen LogP contribution is 2.46. The second-order valence-corrected chi connectivity index (χ2v) is 4.57. The maximum Gasteiger partial charge on any atom is 0.421 e. The Balaban J connectivity index is 3.67. The minimum absolute atomic E-state index is 0.0420. The molecule has 1 aromatic rings. The summed E-state index contributed by atoms with van der Waals surface area (Å²) in [6.07, 6.45) is -5.21. The van der Waals surface area contributed by atoms with Gasteiger partial charge < -0.3 is 20.3 Å². The lowest BCUT2D eigenvalue weighted by atomic mass is 9.89. The first kappa shape index (κ1) is 16.6. The summed E-state index contributed by atoms with van der Waals surface area (Å²) in [6.45, 7) is 0. The van der Waals surface area contributed by atoms with Gasteiger partial charge in [-0.2, -0.15) is 13.2 Å². The molecule has 0 heterocycles. The highest BCUT2D eigenvalue weighted by atomic mass is 79.9. The molecular formula is C11H11BrF3NO4. The second kappa shape index (κ2) is 5.49. The fourth-order valence-electron chi connectivity index (χ4n) is 1.59. The topological polar surface area (TPSA) is 81.8 Å². The second-order valence-electron chi connectivity index (χ2n) is 3.77. The Kier molecular flexibility index (Phi) is 4.55. The fraction of sp³-hybridized carbons (Fsp3) is 0.364. The minimum atomic E-state index is -5.21. The minimum Gasteiger partial charge on any atom is -0.495 e. The molecule has 0 fully saturated rings. The number of rotatable bonds is 4. The highest BCUT2D eigenvalue weighted by molar-refractivity contribution is 9.10. The summed E-state index contributed by atoms with van der Waals surface area (Å²) in [6, 6.07) is 2.07. The van der Waals surface area contributed by atoms with E-state index in [1.54, 1.807) is 0 Å². The van der Waals surface area contributed by atoms with E-state index in [2.05, 4.69) is 15.9 Å². The van der Waals surface area contributed by atoms with Crippen LogP contribution in [0.1, 0.15) is 5.56 Å². The summed E-state index contributed by atoms with van der Waals surface area (Å²) >= 11 is 2.99. The van der Waals surface area contributed by atoms with Crippen LogP contribution in [0.5, 0.6) is 11.5 Å². The predicted molar refractivity (Wildman–Crippen MR) is 66.8 cm³/mol. The smallest absolute Gasteiger partial charge is 0.421 e. The molecule has 0 saturated heterocycles. The predicted octanol–water partition coefficient (Wildman–Crippen LogP) is 2.27. The number of carboxylic acid groups (broad SMARTS) is 1. The van der Waals surface area contributed by atoms with Crippen LogP contribution in [0.3, 0.4) is 0 Å². The molecule has 20 heavy (non-hydrogen) atoms. The van der Waals surface area contributed by atoms with E-state index < -0.39 is 23.2 Å². The number of aliphatic carboxylic acids is 1. The van der Waals surface area contributed by atoms with Crippen LogP contribution in [0.2, 0.25) is 0 Å². The maximum atomic E-state index is 13.1. The molecule has 0 aromatic heterocycles. The third kappa shape index (κ3) is 2.42. The normalized spacial score (nSPS) is 14.6. The number of halogens is 4. The Bertz CT molecular complexity index is 535. The average Bonchev–Trinajstić information content (AvgIpc) is 2.35. The zero-order valence-electron chi connectivity index (χ0n) is 10.4. The van der Waals surface area contributed by atoms with Crippen LogP contribution in [0.15, 0.2) is 16.6 Å². The van der Waals surface area contributed by atoms with Crippen molar-refractivity contribution in [2.75, 3.05) is 14.2 Å². The van der Waals surface area contributed by atoms with Gasteiger partial charge in [-0.05, 0) is 28.1 Å². The van der Waals surface area contributed by atoms with Gasteiger partial charge in [0, 0.05) is 5.56 Å².